The van der Waals surface area contributed by atoms with E-state index in [-0.39, 0.29) is 18.2 Å². The Bertz CT molecular complexity index is 491. The Morgan fingerprint density at radius 2 is 1.81 bits per heavy atom. The summed E-state index contributed by atoms with van der Waals surface area (Å²) in [6, 6.07) is 6.97. The summed E-state index contributed by atoms with van der Waals surface area (Å²) >= 11 is 3.33. The summed E-state index contributed by atoms with van der Waals surface area (Å²) < 4.78 is 6.13. The number of carbonyl (C=O) groups excluding carboxylic acids is 2. The van der Waals surface area contributed by atoms with Crippen LogP contribution in [0.1, 0.15) is 50.9 Å². The van der Waals surface area contributed by atoms with Crippen LogP contribution in [0.15, 0.2) is 28.7 Å². The third-order valence-electron chi connectivity index (χ3n) is 2.81. The van der Waals surface area contributed by atoms with Crippen LogP contribution >= 0.6 is 15.9 Å². The lowest BCUT2D eigenvalue weighted by Crippen LogP contribution is -2.39. The van der Waals surface area contributed by atoms with Crippen molar-refractivity contribution < 1.29 is 14.3 Å². The zero-order valence-corrected chi connectivity index (χ0v) is 14.5. The van der Waals surface area contributed by atoms with Crippen molar-refractivity contribution in [2.75, 3.05) is 0 Å². The van der Waals surface area contributed by atoms with E-state index in [0.29, 0.717) is 12.0 Å². The second-order valence-corrected chi connectivity index (χ2v) is 6.80. The first-order chi connectivity index (χ1) is 9.71. The molecule has 0 aliphatic rings. The summed E-state index contributed by atoms with van der Waals surface area (Å²) in [5.41, 5.74) is 0.0978. The Morgan fingerprint density at radius 3 is 2.29 bits per heavy atom. The van der Waals surface area contributed by atoms with Crippen LogP contribution in [0.4, 0.5) is 4.79 Å². The van der Waals surface area contributed by atoms with E-state index in [1.807, 2.05) is 19.1 Å². The topological polar surface area (TPSA) is 55.4 Å². The molecule has 0 fully saturated rings. The molecular formula is C16H22BrNO3. The highest BCUT2D eigenvalue weighted by molar-refractivity contribution is 9.10. The highest BCUT2D eigenvalue weighted by atomic mass is 79.9. The lowest BCUT2D eigenvalue weighted by atomic mass is 10.0. The molecule has 1 atom stereocenters. The monoisotopic (exact) mass is 355 g/mol. The van der Waals surface area contributed by atoms with Crippen molar-refractivity contribution in [1.82, 2.24) is 5.32 Å². The number of halogens is 1. The number of ketones is 1. The Hall–Kier alpha value is -1.36. The molecule has 1 N–H and O–H groups in total. The molecule has 21 heavy (non-hydrogen) atoms. The fourth-order valence-electron chi connectivity index (χ4n) is 1.75. The molecule has 0 aromatic heterocycles. The van der Waals surface area contributed by atoms with Crippen LogP contribution in [0.2, 0.25) is 0 Å². The summed E-state index contributed by atoms with van der Waals surface area (Å²) in [5, 5.41) is 2.74. The minimum Gasteiger partial charge on any atom is -0.444 e. The highest BCUT2D eigenvalue weighted by Crippen LogP contribution is 2.14. The van der Waals surface area contributed by atoms with Gasteiger partial charge in [0.1, 0.15) is 5.60 Å². The van der Waals surface area contributed by atoms with Crippen LogP contribution in [0.5, 0.6) is 0 Å². The number of ether oxygens (including phenoxy) is 1. The number of rotatable bonds is 5. The van der Waals surface area contributed by atoms with E-state index in [9.17, 15) is 9.59 Å². The fourth-order valence-corrected chi connectivity index (χ4v) is 2.01. The average Bonchev–Trinajstić information content (AvgIpc) is 2.36. The van der Waals surface area contributed by atoms with Gasteiger partial charge in [-0.2, -0.15) is 0 Å². The van der Waals surface area contributed by atoms with Crippen molar-refractivity contribution in [3.63, 3.8) is 0 Å². The van der Waals surface area contributed by atoms with E-state index in [4.69, 9.17) is 4.74 Å². The molecule has 1 amide bonds. The van der Waals surface area contributed by atoms with Gasteiger partial charge in [-0.25, -0.2) is 4.79 Å². The lowest BCUT2D eigenvalue weighted by Gasteiger charge is -2.22. The molecule has 1 unspecified atom stereocenters. The maximum Gasteiger partial charge on any atom is 0.407 e. The summed E-state index contributed by atoms with van der Waals surface area (Å²) in [6.07, 6.45) is 0.441. The van der Waals surface area contributed by atoms with Gasteiger partial charge in [-0.3, -0.25) is 4.79 Å². The fraction of sp³-hybridized carbons (Fsp3) is 0.500. The molecule has 1 aromatic rings. The molecule has 1 rings (SSSR count). The van der Waals surface area contributed by atoms with Crippen LogP contribution in [-0.2, 0) is 4.74 Å². The smallest absolute Gasteiger partial charge is 0.407 e. The Balaban J connectivity index is 2.59. The van der Waals surface area contributed by atoms with Gasteiger partial charge in [0.2, 0.25) is 0 Å². The van der Waals surface area contributed by atoms with Crippen LogP contribution < -0.4 is 5.32 Å². The van der Waals surface area contributed by atoms with Gasteiger partial charge >= 0.3 is 6.09 Å². The predicted octanol–water partition coefficient (Wildman–Crippen LogP) is 4.33. The van der Waals surface area contributed by atoms with E-state index in [1.165, 1.54) is 0 Å². The normalized spacial score (nSPS) is 12.6. The third kappa shape index (κ3) is 6.76. The van der Waals surface area contributed by atoms with E-state index in [0.717, 1.165) is 4.47 Å². The molecule has 0 spiro atoms. The quantitative estimate of drug-likeness (QED) is 0.799. The van der Waals surface area contributed by atoms with Gasteiger partial charge < -0.3 is 10.1 Å². The number of carbonyl (C=O) groups is 2. The number of benzene rings is 1. The number of hydrogen-bond acceptors (Lipinski definition) is 3. The SMILES string of the molecule is CCC(CC(=O)c1ccc(Br)cc1)NC(=O)OC(C)(C)C. The van der Waals surface area contributed by atoms with E-state index < -0.39 is 11.7 Å². The van der Waals surface area contributed by atoms with Gasteiger partial charge in [-0.15, -0.1) is 0 Å². The third-order valence-corrected chi connectivity index (χ3v) is 3.34. The first-order valence-corrected chi connectivity index (χ1v) is 7.79. The lowest BCUT2D eigenvalue weighted by molar-refractivity contribution is 0.0500. The Kier molecular flexibility index (Phi) is 6.40. The van der Waals surface area contributed by atoms with Crippen molar-refractivity contribution in [3.8, 4) is 0 Å². The van der Waals surface area contributed by atoms with Crippen molar-refractivity contribution in [2.45, 2.75) is 52.2 Å². The highest BCUT2D eigenvalue weighted by Gasteiger charge is 2.20. The van der Waals surface area contributed by atoms with Gasteiger partial charge in [0.05, 0.1) is 0 Å². The first kappa shape index (κ1) is 17.7. The maximum atomic E-state index is 12.2. The number of Topliss-reactive ketones (excluding diaryl/α,β-unsaturated/α-hetero) is 1. The standard InChI is InChI=1S/C16H22BrNO3/c1-5-13(18-15(20)21-16(2,3)4)10-14(19)11-6-8-12(17)9-7-11/h6-9,13H,5,10H2,1-4H3,(H,18,20). The van der Waals surface area contributed by atoms with Gasteiger partial charge in [0, 0.05) is 22.5 Å². The zero-order chi connectivity index (χ0) is 16.0. The van der Waals surface area contributed by atoms with Gasteiger partial charge in [0.15, 0.2) is 5.78 Å². The largest absolute Gasteiger partial charge is 0.444 e. The van der Waals surface area contributed by atoms with Crippen molar-refractivity contribution in [2.24, 2.45) is 0 Å². The number of hydrogen-bond donors (Lipinski definition) is 1. The first-order valence-electron chi connectivity index (χ1n) is 6.99. The molecular weight excluding hydrogens is 334 g/mol. The minimum absolute atomic E-state index is 0.00501. The summed E-state index contributed by atoms with van der Waals surface area (Å²) in [6.45, 7) is 7.35. The van der Waals surface area contributed by atoms with Gasteiger partial charge in [-0.05, 0) is 39.3 Å². The van der Waals surface area contributed by atoms with Crippen molar-refractivity contribution in [3.05, 3.63) is 34.3 Å². The number of nitrogens with one attached hydrogen (secondary N) is 1. The van der Waals surface area contributed by atoms with Crippen LogP contribution in [0, 0.1) is 0 Å². The van der Waals surface area contributed by atoms with E-state index in [2.05, 4.69) is 21.2 Å². The Morgan fingerprint density at radius 1 is 1.24 bits per heavy atom. The van der Waals surface area contributed by atoms with Crippen molar-refractivity contribution in [1.29, 1.82) is 0 Å². The molecule has 0 aliphatic heterocycles. The second kappa shape index (κ2) is 7.59. The number of amides is 1. The summed E-state index contributed by atoms with van der Waals surface area (Å²) in [7, 11) is 0. The molecule has 5 heteroatoms. The summed E-state index contributed by atoms with van der Waals surface area (Å²) in [4.78, 5) is 23.9. The number of alkyl carbamates (subject to hydrolysis) is 1. The van der Waals surface area contributed by atoms with E-state index >= 15 is 0 Å². The molecule has 1 aromatic carbocycles. The maximum absolute atomic E-state index is 12.2. The molecule has 116 valence electrons. The summed E-state index contributed by atoms with van der Waals surface area (Å²) in [5.74, 6) is 0.00501. The molecule has 0 saturated carbocycles. The second-order valence-electron chi connectivity index (χ2n) is 5.89. The molecule has 0 radical (unpaired) electrons. The van der Waals surface area contributed by atoms with Crippen LogP contribution in [0.25, 0.3) is 0 Å². The van der Waals surface area contributed by atoms with Gasteiger partial charge in [0.25, 0.3) is 0 Å². The molecule has 0 heterocycles. The molecule has 0 aliphatic carbocycles. The van der Waals surface area contributed by atoms with Crippen LogP contribution in [0.3, 0.4) is 0 Å². The zero-order valence-electron chi connectivity index (χ0n) is 12.9. The predicted molar refractivity (Wildman–Crippen MR) is 86.5 cm³/mol. The van der Waals surface area contributed by atoms with Gasteiger partial charge in [-0.1, -0.05) is 35.0 Å². The van der Waals surface area contributed by atoms with E-state index in [1.54, 1.807) is 32.9 Å². The molecule has 0 saturated heterocycles. The molecule has 0 bridgehead atoms. The van der Waals surface area contributed by atoms with Crippen molar-refractivity contribution >= 4 is 27.8 Å². The van der Waals surface area contributed by atoms with Crippen LogP contribution in [-0.4, -0.2) is 23.5 Å². The average molecular weight is 356 g/mol. The Labute approximate surface area is 134 Å². The minimum atomic E-state index is -0.544. The molecule has 4 nitrogen and oxygen atoms in total.